The number of hydrogen-bond donors (Lipinski definition) is 0. The summed E-state index contributed by atoms with van der Waals surface area (Å²) < 4.78 is 9.34. The van der Waals surface area contributed by atoms with Crippen LogP contribution in [0.1, 0.15) is 358 Å². The highest BCUT2D eigenvalue weighted by Crippen LogP contribution is 2.65. The van der Waals surface area contributed by atoms with E-state index in [1.165, 1.54) is 332 Å². The van der Waals surface area contributed by atoms with Crippen molar-refractivity contribution in [3.63, 3.8) is 0 Å². The fourth-order valence-corrected chi connectivity index (χ4v) is 26.6. The summed E-state index contributed by atoms with van der Waals surface area (Å²) >= 11 is 0. The highest BCUT2D eigenvalue weighted by atomic mass is 16.5. The van der Waals surface area contributed by atoms with Gasteiger partial charge in [-0.05, 0) is 338 Å². The van der Waals surface area contributed by atoms with Gasteiger partial charge in [-0.3, -0.25) is 0 Å². The van der Waals surface area contributed by atoms with E-state index >= 15 is 0 Å². The van der Waals surface area contributed by atoms with Gasteiger partial charge >= 0.3 is 0 Å². The maximum absolute atomic E-state index is 9.34. The molecule has 6 aliphatic carbocycles. The van der Waals surface area contributed by atoms with Crippen LogP contribution >= 0.6 is 0 Å². The Morgan fingerprint density at radius 3 is 0.519 bits per heavy atom. The predicted octanol–water partition coefficient (Wildman–Crippen LogP) is 38.0. The van der Waals surface area contributed by atoms with Crippen molar-refractivity contribution in [1.29, 1.82) is 0 Å². The van der Waals surface area contributed by atoms with Crippen LogP contribution < -0.4 is 0 Å². The van der Waals surface area contributed by atoms with Crippen LogP contribution in [0.15, 0.2) is 243 Å². The Hall–Kier alpha value is -9.40. The van der Waals surface area contributed by atoms with Gasteiger partial charge in [0.2, 0.25) is 0 Å². The van der Waals surface area contributed by atoms with Gasteiger partial charge in [0.05, 0.1) is 0 Å². The van der Waals surface area contributed by atoms with Crippen LogP contribution in [0.3, 0.4) is 0 Å². The van der Waals surface area contributed by atoms with Crippen molar-refractivity contribution in [2.75, 3.05) is 0 Å². The molecular formula is C130H154O. The largest absolute Gasteiger partial charge is 0.350 e. The minimum absolute atomic E-state index is 0.0274. The molecule has 12 aromatic carbocycles. The summed E-state index contributed by atoms with van der Waals surface area (Å²) in [6, 6.07) is 99.6. The van der Waals surface area contributed by atoms with E-state index < -0.39 is 11.2 Å². The molecule has 18 rings (SSSR count). The maximum atomic E-state index is 9.34. The highest BCUT2D eigenvalue weighted by Gasteiger charge is 2.55. The summed E-state index contributed by atoms with van der Waals surface area (Å²) in [6.45, 7) is 43.4. The molecule has 0 radical (unpaired) electrons. The molecule has 0 aromatic heterocycles. The quantitative estimate of drug-likeness (QED) is 0.0372. The molecule has 12 aromatic rings. The van der Waals surface area contributed by atoms with Gasteiger partial charge in [-0.1, -0.05) is 421 Å². The monoisotopic (exact) mass is 1730 g/mol. The second-order valence-corrected chi connectivity index (χ2v) is 45.3. The lowest BCUT2D eigenvalue weighted by atomic mass is 9.70. The normalized spacial score (nSPS) is 15.8. The lowest BCUT2D eigenvalue weighted by molar-refractivity contribution is -0.125. The summed E-state index contributed by atoms with van der Waals surface area (Å²) in [6.07, 6.45) is 30.5. The average molecular weight is 1730 g/mol. The summed E-state index contributed by atoms with van der Waals surface area (Å²) in [5.74, 6) is 5.32. The molecule has 1 heteroatoms. The molecule has 680 valence electrons. The Morgan fingerprint density at radius 1 is 0.176 bits per heavy atom. The highest BCUT2D eigenvalue weighted by molar-refractivity contribution is 5.94. The van der Waals surface area contributed by atoms with Crippen LogP contribution in [0.4, 0.5) is 0 Å². The lowest BCUT2D eigenvalue weighted by Crippen LogP contribution is -2.40. The molecule has 0 spiro atoms. The lowest BCUT2D eigenvalue weighted by Gasteiger charge is -2.43. The first-order valence-electron chi connectivity index (χ1n) is 52.6. The topological polar surface area (TPSA) is 9.23 Å². The Balaban J connectivity index is 0.839. The molecule has 0 amide bonds. The zero-order chi connectivity index (χ0) is 91.5. The fourth-order valence-electron chi connectivity index (χ4n) is 26.6. The Kier molecular flexibility index (Phi) is 26.6. The standard InChI is InChI=1S/C130H154O/c1-19-129(121-81-97(93-57-65-117-109(77-93)101-45-21-25-49-113(101)125(117,69-29-37-85(3)4)70-30-38-86(5)6)53-61-105(121)106-62-54-98(82-122(106)129)94-58-66-118-110(78-94)102-46-22-26-50-114(102)126(118,71-31-39-87(7)8)72-32-40-88(9)10)131-130(20-2)123-83-99(95-59-67-119-111(79-95)103-47-23-27-51-115(103)127(119,73-33-41-89(11)12)74-34-42-90(13)14)55-63-107(123)108-64-56-100(84-124(108)130)96-60-68-120-112(80-96)104-48-24-28-52-116(104)128(120,75-35-43-91(15)16)76-36-44-92(17)18/h21-28,45-68,77-92H,19-20,29-44,69-76H2,1-18H3. The van der Waals surface area contributed by atoms with Crippen LogP contribution in [0.5, 0.6) is 0 Å². The van der Waals surface area contributed by atoms with Crippen LogP contribution in [0.2, 0.25) is 0 Å². The molecule has 0 unspecified atom stereocenters. The van der Waals surface area contributed by atoms with Gasteiger partial charge in [0, 0.05) is 21.7 Å². The first-order valence-corrected chi connectivity index (χ1v) is 52.6. The Labute approximate surface area is 791 Å². The van der Waals surface area contributed by atoms with Crippen molar-refractivity contribution < 1.29 is 4.74 Å². The third-order valence-electron chi connectivity index (χ3n) is 33.2. The third kappa shape index (κ3) is 16.7. The van der Waals surface area contributed by atoms with E-state index in [9.17, 15) is 4.74 Å². The van der Waals surface area contributed by atoms with Gasteiger partial charge < -0.3 is 4.74 Å². The molecule has 0 aliphatic heterocycles. The van der Waals surface area contributed by atoms with Crippen molar-refractivity contribution in [1.82, 2.24) is 0 Å². The van der Waals surface area contributed by atoms with E-state index in [1.54, 1.807) is 0 Å². The summed E-state index contributed by atoms with van der Waals surface area (Å²) in [7, 11) is 0. The predicted molar refractivity (Wildman–Crippen MR) is 563 cm³/mol. The number of rotatable bonds is 40. The molecule has 0 saturated carbocycles. The van der Waals surface area contributed by atoms with Crippen LogP contribution in [0.25, 0.3) is 111 Å². The van der Waals surface area contributed by atoms with Crippen molar-refractivity contribution in [2.45, 2.75) is 324 Å². The summed E-state index contributed by atoms with van der Waals surface area (Å²) in [5, 5.41) is 0. The van der Waals surface area contributed by atoms with Crippen molar-refractivity contribution in [2.24, 2.45) is 47.3 Å². The number of ether oxygens (including phenoxy) is 1. The molecular weight excluding hydrogens is 1580 g/mol. The van der Waals surface area contributed by atoms with E-state index in [4.69, 9.17) is 0 Å². The second kappa shape index (κ2) is 37.8. The van der Waals surface area contributed by atoms with Gasteiger partial charge in [-0.25, -0.2) is 0 Å². The molecule has 0 heterocycles. The zero-order valence-corrected chi connectivity index (χ0v) is 83.5. The van der Waals surface area contributed by atoms with E-state index in [-0.39, 0.29) is 21.7 Å². The molecule has 6 aliphatic rings. The maximum Gasteiger partial charge on any atom is 0.121 e. The van der Waals surface area contributed by atoms with Gasteiger partial charge in [-0.2, -0.15) is 0 Å². The number of hydrogen-bond acceptors (Lipinski definition) is 1. The Bertz CT molecular complexity index is 5340. The molecule has 0 saturated heterocycles. The van der Waals surface area contributed by atoms with Crippen molar-refractivity contribution >= 4 is 0 Å². The first-order chi connectivity index (χ1) is 63.3. The molecule has 131 heavy (non-hydrogen) atoms. The molecule has 0 atom stereocenters. The van der Waals surface area contributed by atoms with E-state index in [2.05, 4.69) is 367 Å². The van der Waals surface area contributed by atoms with Crippen LogP contribution in [0, 0.1) is 47.3 Å². The average Bonchev–Trinajstić information content (AvgIpc) is 1.53. The molecule has 0 fully saturated rings. The van der Waals surface area contributed by atoms with E-state index in [0.717, 1.165) is 0 Å². The fraction of sp³-hybridized carbons (Fsp3) is 0.446. The number of benzene rings is 12. The summed E-state index contributed by atoms with van der Waals surface area (Å²) in [5.41, 5.74) is 41.8. The minimum atomic E-state index is -0.939. The molecule has 0 bridgehead atoms. The minimum Gasteiger partial charge on any atom is -0.350 e. The van der Waals surface area contributed by atoms with E-state index in [1.807, 2.05) is 0 Å². The van der Waals surface area contributed by atoms with E-state index in [0.29, 0.717) is 60.2 Å². The van der Waals surface area contributed by atoms with Crippen molar-refractivity contribution in [3.05, 3.63) is 309 Å². The second-order valence-electron chi connectivity index (χ2n) is 45.3. The first kappa shape index (κ1) is 92.1. The van der Waals surface area contributed by atoms with Crippen LogP contribution in [-0.2, 0) is 37.6 Å². The van der Waals surface area contributed by atoms with Gasteiger partial charge in [0.15, 0.2) is 0 Å². The molecule has 1 nitrogen and oxygen atoms in total. The van der Waals surface area contributed by atoms with Crippen molar-refractivity contribution in [3.8, 4) is 111 Å². The number of fused-ring (bicyclic) bond motifs is 18. The zero-order valence-electron chi connectivity index (χ0n) is 83.5. The Morgan fingerprint density at radius 2 is 0.336 bits per heavy atom. The third-order valence-corrected chi connectivity index (χ3v) is 33.2. The smallest absolute Gasteiger partial charge is 0.121 e. The van der Waals surface area contributed by atoms with Gasteiger partial charge in [0.25, 0.3) is 0 Å². The molecule has 0 N–H and O–H groups in total. The van der Waals surface area contributed by atoms with Crippen LogP contribution in [-0.4, -0.2) is 0 Å². The van der Waals surface area contributed by atoms with Gasteiger partial charge in [-0.15, -0.1) is 0 Å². The van der Waals surface area contributed by atoms with Gasteiger partial charge in [0.1, 0.15) is 11.2 Å². The summed E-state index contributed by atoms with van der Waals surface area (Å²) in [4.78, 5) is 0. The SMILES string of the molecule is CCC1(OC2(CC)c3cc(-c4ccc5c(c4)-c4ccccc4C5(CCCC(C)C)CCCC(C)C)ccc3-c3ccc(-c4ccc5c(c4)-c4ccccc4C5(CCCC(C)C)CCCC(C)C)cc32)c2cc(-c3ccc4c(c3)-c3ccccc3C4(CCCC(C)C)CCCC(C)C)ccc2-c2ccc(-c3ccc4c(c3)-c3ccccc3C4(CCCC(C)C)CCCC(C)C)cc21.